The van der Waals surface area contributed by atoms with Crippen LogP contribution in [0.4, 0.5) is 0 Å². The van der Waals surface area contributed by atoms with Gasteiger partial charge in [-0.3, -0.25) is 14.4 Å². The summed E-state index contributed by atoms with van der Waals surface area (Å²) in [6, 6.07) is 13.4. The van der Waals surface area contributed by atoms with Crippen molar-refractivity contribution in [1.82, 2.24) is 15.2 Å². The highest BCUT2D eigenvalue weighted by molar-refractivity contribution is 6.30. The highest BCUT2D eigenvalue weighted by Gasteiger charge is 2.40. The van der Waals surface area contributed by atoms with Crippen molar-refractivity contribution in [2.45, 2.75) is 44.4 Å². The molecule has 1 aliphatic rings. The summed E-state index contributed by atoms with van der Waals surface area (Å²) in [4.78, 5) is 42.6. The number of aryl methyl sites for hydroxylation is 1. The van der Waals surface area contributed by atoms with Gasteiger partial charge in [0.2, 0.25) is 5.89 Å². The van der Waals surface area contributed by atoms with Crippen LogP contribution in [-0.2, 0) is 17.6 Å². The summed E-state index contributed by atoms with van der Waals surface area (Å²) in [7, 11) is 0. The number of hydrogen-bond donors (Lipinski definition) is 3. The van der Waals surface area contributed by atoms with Gasteiger partial charge in [-0.15, -0.1) is 0 Å². The van der Waals surface area contributed by atoms with E-state index in [4.69, 9.17) is 21.1 Å². The third kappa shape index (κ3) is 5.92. The normalized spacial score (nSPS) is 17.2. The summed E-state index contributed by atoms with van der Waals surface area (Å²) in [5.41, 5.74) is 2.00. The second-order valence-corrected chi connectivity index (χ2v) is 8.98. The van der Waals surface area contributed by atoms with Gasteiger partial charge in [0.1, 0.15) is 18.5 Å². The number of benzene rings is 2. The van der Waals surface area contributed by atoms with Gasteiger partial charge in [0, 0.05) is 23.6 Å². The molecule has 2 amide bonds. The maximum Gasteiger partial charge on any atom is 0.303 e. The van der Waals surface area contributed by atoms with Gasteiger partial charge in [0.25, 0.3) is 11.8 Å². The van der Waals surface area contributed by atoms with E-state index in [0.29, 0.717) is 42.0 Å². The van der Waals surface area contributed by atoms with Gasteiger partial charge in [0.05, 0.1) is 0 Å². The number of carbonyl (C=O) groups excluding carboxylic acids is 2. The standard InChI is InChI=1S/C26H26ClN3O6/c27-18-8-5-16(6-9-18)13-14-28-24(34)20-15-36-25(29-20)21-10-11-22(31)30(21)26(35)19-4-2-1-3-17(19)7-12-23(32)33/h1-6,8-9,15,21-22,31H,7,10-14H2,(H,28,34)(H,32,33)/t21-,22-/m0/s1. The maximum atomic E-state index is 13.4. The number of aliphatic hydroxyl groups excluding tert-OH is 1. The fourth-order valence-corrected chi connectivity index (χ4v) is 4.37. The summed E-state index contributed by atoms with van der Waals surface area (Å²) < 4.78 is 5.55. The molecule has 36 heavy (non-hydrogen) atoms. The van der Waals surface area contributed by atoms with Gasteiger partial charge < -0.3 is 24.8 Å². The predicted molar refractivity (Wildman–Crippen MR) is 131 cm³/mol. The lowest BCUT2D eigenvalue weighted by Crippen LogP contribution is -2.38. The Labute approximate surface area is 212 Å². The molecule has 0 unspecified atom stereocenters. The van der Waals surface area contributed by atoms with Crippen molar-refractivity contribution in [2.24, 2.45) is 0 Å². The second-order valence-electron chi connectivity index (χ2n) is 8.54. The smallest absolute Gasteiger partial charge is 0.303 e. The van der Waals surface area contributed by atoms with Crippen LogP contribution < -0.4 is 5.32 Å². The van der Waals surface area contributed by atoms with Crippen molar-refractivity contribution in [2.75, 3.05) is 6.54 Å². The lowest BCUT2D eigenvalue weighted by molar-refractivity contribution is -0.136. The number of hydrogen-bond acceptors (Lipinski definition) is 6. The first-order valence-electron chi connectivity index (χ1n) is 11.6. The third-order valence-corrected chi connectivity index (χ3v) is 6.35. The molecular formula is C26H26ClN3O6. The van der Waals surface area contributed by atoms with E-state index in [-0.39, 0.29) is 24.4 Å². The molecule has 1 aromatic heterocycles. The van der Waals surface area contributed by atoms with Gasteiger partial charge in [-0.25, -0.2) is 4.98 Å². The summed E-state index contributed by atoms with van der Waals surface area (Å²) in [5.74, 6) is -1.66. The number of oxazole rings is 1. The quantitative estimate of drug-likeness (QED) is 0.399. The molecule has 0 bridgehead atoms. The number of likely N-dealkylation sites (tertiary alicyclic amines) is 1. The molecule has 0 aliphatic carbocycles. The van der Waals surface area contributed by atoms with E-state index in [1.54, 1.807) is 36.4 Å². The lowest BCUT2D eigenvalue weighted by atomic mass is 10.0. The number of halogens is 1. The zero-order valence-corrected chi connectivity index (χ0v) is 20.1. The minimum absolute atomic E-state index is 0.0803. The van der Waals surface area contributed by atoms with Crippen LogP contribution in [0.2, 0.25) is 5.02 Å². The first-order chi connectivity index (χ1) is 17.3. The van der Waals surface area contributed by atoms with E-state index in [0.717, 1.165) is 5.56 Å². The molecule has 3 aromatic rings. The largest absolute Gasteiger partial charge is 0.481 e. The van der Waals surface area contributed by atoms with Crippen molar-refractivity contribution in [3.8, 4) is 0 Å². The monoisotopic (exact) mass is 511 g/mol. The Bertz CT molecular complexity index is 1240. The van der Waals surface area contributed by atoms with Crippen LogP contribution in [-0.4, -0.2) is 50.7 Å². The predicted octanol–water partition coefficient (Wildman–Crippen LogP) is 3.61. The fraction of sp³-hybridized carbons (Fsp3) is 0.308. The second kappa shape index (κ2) is 11.4. The Morgan fingerprint density at radius 1 is 1.08 bits per heavy atom. The van der Waals surface area contributed by atoms with Crippen LogP contribution in [0.1, 0.15) is 63.2 Å². The van der Waals surface area contributed by atoms with Crippen LogP contribution in [0.3, 0.4) is 0 Å². The van der Waals surface area contributed by atoms with Crippen LogP contribution in [0.15, 0.2) is 59.2 Å². The number of aliphatic hydroxyl groups is 1. The highest BCUT2D eigenvalue weighted by atomic mass is 35.5. The summed E-state index contributed by atoms with van der Waals surface area (Å²) in [5, 5.41) is 23.0. The average Bonchev–Trinajstić information content (AvgIpc) is 3.50. The number of carboxylic acids is 1. The van der Waals surface area contributed by atoms with Gasteiger partial charge >= 0.3 is 5.97 Å². The van der Waals surface area contributed by atoms with Crippen molar-refractivity contribution < 1.29 is 29.0 Å². The van der Waals surface area contributed by atoms with E-state index in [9.17, 15) is 19.5 Å². The number of aliphatic carboxylic acids is 1. The Hall–Kier alpha value is -3.69. The SMILES string of the molecule is O=C(O)CCc1ccccc1C(=O)N1[C@@H](O)CC[C@H]1c1nc(C(=O)NCCc2ccc(Cl)cc2)co1. The molecule has 0 saturated carbocycles. The van der Waals surface area contributed by atoms with E-state index in [1.807, 2.05) is 12.1 Å². The van der Waals surface area contributed by atoms with Gasteiger partial charge in [-0.05, 0) is 55.0 Å². The van der Waals surface area contributed by atoms with Crippen LogP contribution in [0.25, 0.3) is 0 Å². The summed E-state index contributed by atoms with van der Waals surface area (Å²) >= 11 is 5.89. The number of carbonyl (C=O) groups is 3. The molecule has 4 rings (SSSR count). The first kappa shape index (κ1) is 25.4. The zero-order chi connectivity index (χ0) is 25.7. The zero-order valence-electron chi connectivity index (χ0n) is 19.4. The molecule has 1 saturated heterocycles. The molecule has 188 valence electrons. The summed E-state index contributed by atoms with van der Waals surface area (Å²) in [6.45, 7) is 0.391. The van der Waals surface area contributed by atoms with Gasteiger partial charge in [-0.2, -0.15) is 0 Å². The number of nitrogens with zero attached hydrogens (tertiary/aromatic N) is 2. The molecule has 0 radical (unpaired) electrons. The molecule has 2 atom stereocenters. The number of rotatable bonds is 9. The van der Waals surface area contributed by atoms with E-state index in [1.165, 1.54) is 11.2 Å². The number of aromatic nitrogens is 1. The molecule has 1 aliphatic heterocycles. The van der Waals surface area contributed by atoms with Crippen molar-refractivity contribution >= 4 is 29.4 Å². The Morgan fingerprint density at radius 2 is 1.83 bits per heavy atom. The lowest BCUT2D eigenvalue weighted by Gasteiger charge is -2.26. The highest BCUT2D eigenvalue weighted by Crippen LogP contribution is 2.36. The molecule has 1 fully saturated rings. The van der Waals surface area contributed by atoms with Crippen molar-refractivity contribution in [1.29, 1.82) is 0 Å². The molecular weight excluding hydrogens is 486 g/mol. The number of nitrogens with one attached hydrogen (secondary N) is 1. The first-order valence-corrected chi connectivity index (χ1v) is 12.0. The van der Waals surface area contributed by atoms with Crippen LogP contribution in [0.5, 0.6) is 0 Å². The summed E-state index contributed by atoms with van der Waals surface area (Å²) in [6.07, 6.45) is 1.59. The molecule has 10 heteroatoms. The maximum absolute atomic E-state index is 13.4. The van der Waals surface area contributed by atoms with Crippen molar-refractivity contribution in [3.63, 3.8) is 0 Å². The van der Waals surface area contributed by atoms with E-state index in [2.05, 4.69) is 10.3 Å². The van der Waals surface area contributed by atoms with E-state index < -0.39 is 30.1 Å². The molecule has 3 N–H and O–H groups in total. The Kier molecular flexibility index (Phi) is 8.02. The topological polar surface area (TPSA) is 133 Å². The van der Waals surface area contributed by atoms with Crippen LogP contribution >= 0.6 is 11.6 Å². The molecule has 0 spiro atoms. The van der Waals surface area contributed by atoms with Gasteiger partial charge in [0.15, 0.2) is 5.69 Å². The Balaban J connectivity index is 1.44. The number of carboxylic acid groups (broad SMARTS) is 1. The number of amides is 2. The van der Waals surface area contributed by atoms with Crippen molar-refractivity contribution in [3.05, 3.63) is 88.1 Å². The third-order valence-electron chi connectivity index (χ3n) is 6.10. The Morgan fingerprint density at radius 3 is 2.58 bits per heavy atom. The molecule has 2 heterocycles. The average molecular weight is 512 g/mol. The minimum Gasteiger partial charge on any atom is -0.481 e. The van der Waals surface area contributed by atoms with Gasteiger partial charge in [-0.1, -0.05) is 41.9 Å². The van der Waals surface area contributed by atoms with E-state index >= 15 is 0 Å². The minimum atomic E-state index is -1.06. The molecule has 2 aromatic carbocycles. The fourth-order valence-electron chi connectivity index (χ4n) is 4.25. The van der Waals surface area contributed by atoms with Crippen LogP contribution in [0, 0.1) is 0 Å². The molecule has 9 nitrogen and oxygen atoms in total.